The molecular weight excluding hydrogens is 208 g/mol. The lowest BCUT2D eigenvalue weighted by Crippen LogP contribution is -2.36. The van der Waals surface area contributed by atoms with Crippen molar-refractivity contribution in [3.05, 3.63) is 24.4 Å². The summed E-state index contributed by atoms with van der Waals surface area (Å²) < 4.78 is 0. The average molecular weight is 226 g/mol. The van der Waals surface area contributed by atoms with Crippen molar-refractivity contribution in [1.29, 1.82) is 0 Å². The van der Waals surface area contributed by atoms with Crippen LogP contribution < -0.4 is 5.73 Å². The summed E-state index contributed by atoms with van der Waals surface area (Å²) in [5.74, 6) is 0. The van der Waals surface area contributed by atoms with Gasteiger partial charge < -0.3 is 10.8 Å². The Balaban J connectivity index is 2.46. The standard InChI is InChI=1S/C11H18N2OS/c1-9(7-11(2,14)8-12)15-10-5-3-4-6-13-10/h3-6,9,14H,7-8,12H2,1-2H3. The van der Waals surface area contributed by atoms with Gasteiger partial charge in [0.15, 0.2) is 0 Å². The molecule has 0 spiro atoms. The van der Waals surface area contributed by atoms with Crippen molar-refractivity contribution in [3.63, 3.8) is 0 Å². The molecule has 0 saturated heterocycles. The van der Waals surface area contributed by atoms with Gasteiger partial charge in [0, 0.05) is 18.0 Å². The van der Waals surface area contributed by atoms with Crippen molar-refractivity contribution in [2.75, 3.05) is 6.54 Å². The highest BCUT2D eigenvalue weighted by molar-refractivity contribution is 7.99. The highest BCUT2D eigenvalue weighted by Crippen LogP contribution is 2.26. The lowest BCUT2D eigenvalue weighted by molar-refractivity contribution is 0.0608. The molecule has 15 heavy (non-hydrogen) atoms. The number of nitrogens with two attached hydrogens (primary N) is 1. The van der Waals surface area contributed by atoms with E-state index in [9.17, 15) is 5.11 Å². The van der Waals surface area contributed by atoms with Crippen LogP contribution in [0.5, 0.6) is 0 Å². The molecule has 4 heteroatoms. The number of rotatable bonds is 5. The van der Waals surface area contributed by atoms with E-state index in [4.69, 9.17) is 5.73 Å². The number of hydrogen-bond donors (Lipinski definition) is 2. The summed E-state index contributed by atoms with van der Waals surface area (Å²) in [5.41, 5.74) is 4.70. The number of aromatic nitrogens is 1. The Bertz CT molecular complexity index is 290. The second kappa shape index (κ2) is 5.49. The molecule has 3 N–H and O–H groups in total. The summed E-state index contributed by atoms with van der Waals surface area (Å²) in [7, 11) is 0. The van der Waals surface area contributed by atoms with Crippen LogP contribution in [0.3, 0.4) is 0 Å². The third-order valence-electron chi connectivity index (χ3n) is 2.13. The summed E-state index contributed by atoms with van der Waals surface area (Å²) in [6.45, 7) is 4.13. The van der Waals surface area contributed by atoms with Crippen molar-refractivity contribution in [3.8, 4) is 0 Å². The molecule has 1 heterocycles. The van der Waals surface area contributed by atoms with E-state index in [1.54, 1.807) is 24.9 Å². The Labute approximate surface area is 95.1 Å². The molecule has 0 radical (unpaired) electrons. The molecule has 0 aliphatic heterocycles. The highest BCUT2D eigenvalue weighted by atomic mass is 32.2. The lowest BCUT2D eigenvalue weighted by Gasteiger charge is -2.24. The molecule has 0 aromatic carbocycles. The van der Waals surface area contributed by atoms with E-state index in [1.165, 1.54) is 0 Å². The van der Waals surface area contributed by atoms with Gasteiger partial charge in [0.05, 0.1) is 10.6 Å². The third kappa shape index (κ3) is 4.64. The zero-order chi connectivity index (χ0) is 11.3. The molecule has 1 rings (SSSR count). The molecule has 3 nitrogen and oxygen atoms in total. The lowest BCUT2D eigenvalue weighted by atomic mass is 10.0. The Morgan fingerprint density at radius 1 is 1.60 bits per heavy atom. The Hall–Kier alpha value is -0.580. The van der Waals surface area contributed by atoms with E-state index in [0.717, 1.165) is 5.03 Å². The van der Waals surface area contributed by atoms with E-state index in [1.807, 2.05) is 18.2 Å². The normalized spacial score (nSPS) is 17.1. The van der Waals surface area contributed by atoms with Gasteiger partial charge in [-0.25, -0.2) is 4.98 Å². The van der Waals surface area contributed by atoms with E-state index in [0.29, 0.717) is 18.2 Å². The fourth-order valence-electron chi connectivity index (χ4n) is 1.37. The Kier molecular flexibility index (Phi) is 4.57. The molecule has 0 aliphatic carbocycles. The van der Waals surface area contributed by atoms with Gasteiger partial charge in [0.25, 0.3) is 0 Å². The smallest absolute Gasteiger partial charge is 0.0962 e. The van der Waals surface area contributed by atoms with E-state index < -0.39 is 5.60 Å². The van der Waals surface area contributed by atoms with Crippen LogP contribution in [0.25, 0.3) is 0 Å². The molecule has 0 amide bonds. The number of thioether (sulfide) groups is 1. The van der Waals surface area contributed by atoms with Gasteiger partial charge in [-0.2, -0.15) is 0 Å². The molecule has 0 saturated carbocycles. The monoisotopic (exact) mass is 226 g/mol. The zero-order valence-corrected chi connectivity index (χ0v) is 10.00. The van der Waals surface area contributed by atoms with Crippen molar-refractivity contribution in [1.82, 2.24) is 4.98 Å². The van der Waals surface area contributed by atoms with Gasteiger partial charge in [-0.15, -0.1) is 11.8 Å². The first-order valence-electron chi connectivity index (χ1n) is 5.03. The van der Waals surface area contributed by atoms with E-state index >= 15 is 0 Å². The number of pyridine rings is 1. The van der Waals surface area contributed by atoms with E-state index in [2.05, 4.69) is 11.9 Å². The molecular formula is C11H18N2OS. The largest absolute Gasteiger partial charge is 0.389 e. The molecule has 0 aliphatic rings. The zero-order valence-electron chi connectivity index (χ0n) is 9.18. The predicted octanol–water partition coefficient (Wildman–Crippen LogP) is 1.66. The number of aliphatic hydroxyl groups is 1. The molecule has 0 bridgehead atoms. The highest BCUT2D eigenvalue weighted by Gasteiger charge is 2.22. The van der Waals surface area contributed by atoms with Crippen LogP contribution in [0.4, 0.5) is 0 Å². The van der Waals surface area contributed by atoms with Crippen LogP contribution in [-0.4, -0.2) is 27.5 Å². The van der Waals surface area contributed by atoms with Gasteiger partial charge in [0.1, 0.15) is 0 Å². The van der Waals surface area contributed by atoms with Gasteiger partial charge >= 0.3 is 0 Å². The SMILES string of the molecule is CC(CC(C)(O)CN)Sc1ccccn1. The average Bonchev–Trinajstić information content (AvgIpc) is 2.18. The molecule has 2 atom stereocenters. The van der Waals surface area contributed by atoms with Gasteiger partial charge in [0.2, 0.25) is 0 Å². The summed E-state index contributed by atoms with van der Waals surface area (Å²) in [5, 5.41) is 11.1. The topological polar surface area (TPSA) is 59.1 Å². The maximum absolute atomic E-state index is 9.81. The molecule has 1 aromatic heterocycles. The molecule has 84 valence electrons. The van der Waals surface area contributed by atoms with Gasteiger partial charge in [-0.05, 0) is 25.5 Å². The van der Waals surface area contributed by atoms with Crippen LogP contribution in [0.15, 0.2) is 29.4 Å². The minimum absolute atomic E-state index is 0.292. The quantitative estimate of drug-likeness (QED) is 0.750. The second-order valence-corrected chi connectivity index (χ2v) is 5.46. The van der Waals surface area contributed by atoms with Crippen LogP contribution in [-0.2, 0) is 0 Å². The fraction of sp³-hybridized carbons (Fsp3) is 0.545. The first-order chi connectivity index (χ1) is 7.03. The van der Waals surface area contributed by atoms with Crippen LogP contribution in [0.2, 0.25) is 0 Å². The number of hydrogen-bond acceptors (Lipinski definition) is 4. The van der Waals surface area contributed by atoms with Crippen molar-refractivity contribution >= 4 is 11.8 Å². The van der Waals surface area contributed by atoms with Gasteiger partial charge in [-0.1, -0.05) is 13.0 Å². The van der Waals surface area contributed by atoms with E-state index in [-0.39, 0.29) is 0 Å². The number of nitrogens with zero attached hydrogens (tertiary/aromatic N) is 1. The summed E-state index contributed by atoms with van der Waals surface area (Å²) in [4.78, 5) is 4.22. The first kappa shape index (κ1) is 12.5. The molecule has 1 aromatic rings. The minimum atomic E-state index is -0.777. The summed E-state index contributed by atoms with van der Waals surface area (Å²) in [6, 6.07) is 5.83. The Morgan fingerprint density at radius 3 is 2.87 bits per heavy atom. The van der Waals surface area contributed by atoms with Crippen LogP contribution in [0, 0.1) is 0 Å². The Morgan fingerprint density at radius 2 is 2.33 bits per heavy atom. The minimum Gasteiger partial charge on any atom is -0.389 e. The summed E-state index contributed by atoms with van der Waals surface area (Å²) >= 11 is 1.66. The maximum Gasteiger partial charge on any atom is 0.0962 e. The first-order valence-corrected chi connectivity index (χ1v) is 5.91. The maximum atomic E-state index is 9.81. The van der Waals surface area contributed by atoms with Crippen LogP contribution in [0.1, 0.15) is 20.3 Å². The molecule has 2 unspecified atom stereocenters. The fourth-order valence-corrected chi connectivity index (χ4v) is 2.50. The predicted molar refractivity (Wildman–Crippen MR) is 63.9 cm³/mol. The second-order valence-electron chi connectivity index (χ2n) is 4.00. The molecule has 0 fully saturated rings. The van der Waals surface area contributed by atoms with Crippen LogP contribution >= 0.6 is 11.8 Å². The van der Waals surface area contributed by atoms with Gasteiger partial charge in [-0.3, -0.25) is 0 Å². The van der Waals surface area contributed by atoms with Crippen molar-refractivity contribution < 1.29 is 5.11 Å². The summed E-state index contributed by atoms with van der Waals surface area (Å²) in [6.07, 6.45) is 2.45. The third-order valence-corrected chi connectivity index (χ3v) is 3.18. The van der Waals surface area contributed by atoms with Crippen molar-refractivity contribution in [2.24, 2.45) is 5.73 Å². The van der Waals surface area contributed by atoms with Crippen molar-refractivity contribution in [2.45, 2.75) is 36.1 Å².